The number of ketones is 1. The number of para-hydroxylation sites is 1. The molecule has 2 N–H and O–H groups in total. The Morgan fingerprint density at radius 3 is 2.12 bits per heavy atom. The topological polar surface area (TPSA) is 96.6 Å². The molecular weight excluding hydrogens is 322 g/mol. The van der Waals surface area contributed by atoms with Crippen LogP contribution in [0.3, 0.4) is 0 Å². The number of benzene rings is 2. The van der Waals surface area contributed by atoms with Crippen LogP contribution in [0.1, 0.15) is 21.6 Å². The van der Waals surface area contributed by atoms with Gasteiger partial charge >= 0.3 is 11.9 Å². The molecule has 0 aliphatic rings. The molecule has 0 radical (unpaired) electrons. The Balaban J connectivity index is 2.31. The van der Waals surface area contributed by atoms with Crippen LogP contribution in [0.15, 0.2) is 54.6 Å². The summed E-state index contributed by atoms with van der Waals surface area (Å²) in [4.78, 5) is 35.6. The molecule has 3 aromatic rings. The number of carboxylic acids is 2. The largest absolute Gasteiger partial charge is 0.481 e. The second-order valence-corrected chi connectivity index (χ2v) is 5.59. The van der Waals surface area contributed by atoms with E-state index in [0.29, 0.717) is 22.0 Å². The SMILES string of the molecule is O=C(O)Cc1c(C(=O)c2ccccc2)n(CC(=O)O)c2ccccc12. The third kappa shape index (κ3) is 3.14. The summed E-state index contributed by atoms with van der Waals surface area (Å²) in [6, 6.07) is 15.3. The molecule has 0 saturated heterocycles. The van der Waals surface area contributed by atoms with E-state index in [4.69, 9.17) is 0 Å². The minimum absolute atomic E-state index is 0.109. The molecular formula is C19H15NO5. The molecule has 25 heavy (non-hydrogen) atoms. The fraction of sp³-hybridized carbons (Fsp3) is 0.105. The van der Waals surface area contributed by atoms with Gasteiger partial charge in [0.15, 0.2) is 0 Å². The summed E-state index contributed by atoms with van der Waals surface area (Å²) < 4.78 is 1.38. The molecule has 1 heterocycles. The number of carboxylic acid groups (broad SMARTS) is 2. The molecule has 0 saturated carbocycles. The first-order valence-corrected chi connectivity index (χ1v) is 7.62. The molecule has 0 spiro atoms. The third-order valence-corrected chi connectivity index (χ3v) is 3.95. The van der Waals surface area contributed by atoms with E-state index in [1.54, 1.807) is 54.6 Å². The average Bonchev–Trinajstić information content (AvgIpc) is 2.88. The molecule has 0 fully saturated rings. The number of rotatable bonds is 6. The van der Waals surface area contributed by atoms with E-state index in [2.05, 4.69) is 0 Å². The molecule has 6 nitrogen and oxygen atoms in total. The second kappa shape index (κ2) is 6.60. The van der Waals surface area contributed by atoms with Crippen molar-refractivity contribution >= 4 is 28.6 Å². The van der Waals surface area contributed by atoms with Gasteiger partial charge in [0.25, 0.3) is 0 Å². The number of fused-ring (bicyclic) bond motifs is 1. The van der Waals surface area contributed by atoms with Crippen LogP contribution in [0.25, 0.3) is 10.9 Å². The van der Waals surface area contributed by atoms with E-state index in [0.717, 1.165) is 0 Å². The van der Waals surface area contributed by atoms with Crippen LogP contribution in [0.2, 0.25) is 0 Å². The molecule has 126 valence electrons. The van der Waals surface area contributed by atoms with Crippen molar-refractivity contribution < 1.29 is 24.6 Å². The van der Waals surface area contributed by atoms with Crippen LogP contribution in [0.5, 0.6) is 0 Å². The zero-order valence-electron chi connectivity index (χ0n) is 13.2. The second-order valence-electron chi connectivity index (χ2n) is 5.59. The molecule has 0 amide bonds. The van der Waals surface area contributed by atoms with Crippen molar-refractivity contribution in [1.29, 1.82) is 0 Å². The van der Waals surface area contributed by atoms with Crippen molar-refractivity contribution in [2.75, 3.05) is 0 Å². The van der Waals surface area contributed by atoms with Crippen molar-refractivity contribution in [3.8, 4) is 0 Å². The lowest BCUT2D eigenvalue weighted by Crippen LogP contribution is -2.17. The van der Waals surface area contributed by atoms with Gasteiger partial charge in [-0.2, -0.15) is 0 Å². The number of hydrogen-bond donors (Lipinski definition) is 2. The molecule has 0 atom stereocenters. The van der Waals surface area contributed by atoms with E-state index >= 15 is 0 Å². The third-order valence-electron chi connectivity index (χ3n) is 3.95. The van der Waals surface area contributed by atoms with E-state index in [9.17, 15) is 24.6 Å². The Morgan fingerprint density at radius 2 is 1.48 bits per heavy atom. The van der Waals surface area contributed by atoms with Crippen LogP contribution in [0, 0.1) is 0 Å². The fourth-order valence-electron chi connectivity index (χ4n) is 2.99. The highest BCUT2D eigenvalue weighted by Crippen LogP contribution is 2.29. The highest BCUT2D eigenvalue weighted by atomic mass is 16.4. The quantitative estimate of drug-likeness (QED) is 0.674. The summed E-state index contributed by atoms with van der Waals surface area (Å²) in [7, 11) is 0. The predicted octanol–water partition coefficient (Wildman–Crippen LogP) is 2.58. The minimum atomic E-state index is -1.11. The zero-order valence-corrected chi connectivity index (χ0v) is 13.2. The summed E-state index contributed by atoms with van der Waals surface area (Å²) in [6.07, 6.45) is -0.360. The Morgan fingerprint density at radius 1 is 0.840 bits per heavy atom. The van der Waals surface area contributed by atoms with Gasteiger partial charge in [0.2, 0.25) is 5.78 Å². The summed E-state index contributed by atoms with van der Waals surface area (Å²) in [5, 5.41) is 19.1. The van der Waals surface area contributed by atoms with Crippen LogP contribution < -0.4 is 0 Å². The average molecular weight is 337 g/mol. The summed E-state index contributed by atoms with van der Waals surface area (Å²) in [5.41, 5.74) is 1.35. The number of carbonyl (C=O) groups is 3. The molecule has 2 aromatic carbocycles. The maximum absolute atomic E-state index is 13.0. The molecule has 0 aliphatic heterocycles. The van der Waals surface area contributed by atoms with Crippen molar-refractivity contribution in [3.63, 3.8) is 0 Å². The summed E-state index contributed by atoms with van der Waals surface area (Å²) >= 11 is 0. The highest BCUT2D eigenvalue weighted by Gasteiger charge is 2.25. The van der Waals surface area contributed by atoms with Gasteiger partial charge < -0.3 is 14.8 Å². The number of aromatic nitrogens is 1. The Kier molecular flexibility index (Phi) is 4.35. The minimum Gasteiger partial charge on any atom is -0.481 e. The van der Waals surface area contributed by atoms with Gasteiger partial charge in [-0.05, 0) is 6.07 Å². The van der Waals surface area contributed by atoms with Crippen LogP contribution in [-0.2, 0) is 22.6 Å². The first kappa shape index (κ1) is 16.4. The zero-order chi connectivity index (χ0) is 18.0. The number of nitrogens with zero attached hydrogens (tertiary/aromatic N) is 1. The van der Waals surface area contributed by atoms with Crippen LogP contribution in [0.4, 0.5) is 0 Å². The molecule has 6 heteroatoms. The molecule has 1 aromatic heterocycles. The smallest absolute Gasteiger partial charge is 0.323 e. The highest BCUT2D eigenvalue weighted by molar-refractivity contribution is 6.13. The van der Waals surface area contributed by atoms with Crippen LogP contribution >= 0.6 is 0 Å². The summed E-state index contributed by atoms with van der Waals surface area (Å²) in [6.45, 7) is -0.423. The lowest BCUT2D eigenvalue weighted by molar-refractivity contribution is -0.138. The van der Waals surface area contributed by atoms with Gasteiger partial charge in [-0.1, -0.05) is 48.5 Å². The van der Waals surface area contributed by atoms with Crippen LogP contribution in [-0.4, -0.2) is 32.5 Å². The van der Waals surface area contributed by atoms with Crippen molar-refractivity contribution in [3.05, 3.63) is 71.4 Å². The Labute approximate surface area is 142 Å². The maximum Gasteiger partial charge on any atom is 0.323 e. The predicted molar refractivity (Wildman–Crippen MR) is 90.8 cm³/mol. The van der Waals surface area contributed by atoms with Gasteiger partial charge in [0.05, 0.1) is 12.1 Å². The molecule has 0 aliphatic carbocycles. The van der Waals surface area contributed by atoms with E-state index < -0.39 is 24.3 Å². The maximum atomic E-state index is 13.0. The van der Waals surface area contributed by atoms with Gasteiger partial charge in [-0.25, -0.2) is 0 Å². The molecule has 0 unspecified atom stereocenters. The van der Waals surface area contributed by atoms with Crippen molar-refractivity contribution in [2.24, 2.45) is 0 Å². The Hall–Kier alpha value is -3.41. The van der Waals surface area contributed by atoms with E-state index in [1.165, 1.54) is 4.57 Å². The molecule has 0 bridgehead atoms. The van der Waals surface area contributed by atoms with Crippen molar-refractivity contribution in [2.45, 2.75) is 13.0 Å². The van der Waals surface area contributed by atoms with Gasteiger partial charge in [0.1, 0.15) is 6.54 Å². The van der Waals surface area contributed by atoms with Crippen molar-refractivity contribution in [1.82, 2.24) is 4.57 Å². The van der Waals surface area contributed by atoms with Gasteiger partial charge in [-0.3, -0.25) is 14.4 Å². The fourth-order valence-corrected chi connectivity index (χ4v) is 2.99. The lowest BCUT2D eigenvalue weighted by atomic mass is 10.0. The Bertz CT molecular complexity index is 919. The number of hydrogen-bond acceptors (Lipinski definition) is 3. The van der Waals surface area contributed by atoms with Gasteiger partial charge in [0, 0.05) is 22.0 Å². The standard InChI is InChI=1S/C19H15NO5/c21-16(22)10-14-13-8-4-5-9-15(13)20(11-17(23)24)18(14)19(25)12-6-2-1-3-7-12/h1-9H,10-11H2,(H,21,22)(H,23,24). The van der Waals surface area contributed by atoms with Gasteiger partial charge in [-0.15, -0.1) is 0 Å². The van der Waals surface area contributed by atoms with E-state index in [1.807, 2.05) is 0 Å². The number of carbonyl (C=O) groups excluding carboxylic acids is 1. The number of aliphatic carboxylic acids is 2. The first-order valence-electron chi connectivity index (χ1n) is 7.62. The van der Waals surface area contributed by atoms with E-state index in [-0.39, 0.29) is 12.1 Å². The summed E-state index contributed by atoms with van der Waals surface area (Å²) in [5.74, 6) is -2.58. The lowest BCUT2D eigenvalue weighted by Gasteiger charge is -2.09. The normalized spacial score (nSPS) is 10.7. The monoisotopic (exact) mass is 337 g/mol. The first-order chi connectivity index (χ1) is 12.0. The molecule has 3 rings (SSSR count).